The summed E-state index contributed by atoms with van der Waals surface area (Å²) in [5, 5.41) is 8.99. The van der Waals surface area contributed by atoms with Crippen molar-refractivity contribution in [2.75, 3.05) is 6.61 Å². The first-order valence-corrected chi connectivity index (χ1v) is 4.59. The van der Waals surface area contributed by atoms with E-state index in [0.717, 1.165) is 6.42 Å². The lowest BCUT2D eigenvalue weighted by molar-refractivity contribution is 0.145. The van der Waals surface area contributed by atoms with E-state index in [1.165, 1.54) is 0 Å². The van der Waals surface area contributed by atoms with Gasteiger partial charge in [0.05, 0.1) is 12.6 Å². The molecule has 12 heavy (non-hydrogen) atoms. The summed E-state index contributed by atoms with van der Waals surface area (Å²) in [5.74, 6) is 0.615. The van der Waals surface area contributed by atoms with Crippen LogP contribution in [0.15, 0.2) is 4.99 Å². The molecule has 1 aliphatic carbocycles. The minimum Gasteiger partial charge on any atom is -0.396 e. The van der Waals surface area contributed by atoms with E-state index in [0.29, 0.717) is 18.8 Å². The van der Waals surface area contributed by atoms with Crippen molar-refractivity contribution in [2.24, 2.45) is 16.8 Å². The first kappa shape index (κ1) is 8.17. The number of fused-ring (bicyclic) bond motifs is 1. The number of alkyl halides is 1. The summed E-state index contributed by atoms with van der Waals surface area (Å²) in [7, 11) is 0. The summed E-state index contributed by atoms with van der Waals surface area (Å²) < 4.78 is 12.9. The number of aliphatic hydroxyl groups excluding tert-OH is 1. The standard InChI is InChI=1S/C9H14FNO/c10-7-1-2-8-6(5-12)4-11-9(8)3-7/h4,6-9,12H,1-3,5H2. The zero-order valence-electron chi connectivity index (χ0n) is 6.99. The van der Waals surface area contributed by atoms with Gasteiger partial charge in [-0.25, -0.2) is 4.39 Å². The van der Waals surface area contributed by atoms with Crippen LogP contribution in [0.4, 0.5) is 4.39 Å². The van der Waals surface area contributed by atoms with E-state index >= 15 is 0 Å². The van der Waals surface area contributed by atoms with Gasteiger partial charge in [-0.1, -0.05) is 0 Å². The van der Waals surface area contributed by atoms with Gasteiger partial charge >= 0.3 is 0 Å². The molecule has 0 bridgehead atoms. The normalized spacial score (nSPS) is 46.2. The second-order valence-corrected chi connectivity index (χ2v) is 3.79. The molecule has 3 heteroatoms. The quantitative estimate of drug-likeness (QED) is 0.631. The summed E-state index contributed by atoms with van der Waals surface area (Å²) in [6.07, 6.45) is 3.25. The Morgan fingerprint density at radius 2 is 2.33 bits per heavy atom. The summed E-state index contributed by atoms with van der Waals surface area (Å²) >= 11 is 0. The van der Waals surface area contributed by atoms with Gasteiger partial charge in [0.25, 0.3) is 0 Å². The van der Waals surface area contributed by atoms with Crippen LogP contribution in [0.2, 0.25) is 0 Å². The number of rotatable bonds is 1. The molecule has 1 saturated carbocycles. The van der Waals surface area contributed by atoms with Crippen molar-refractivity contribution in [3.8, 4) is 0 Å². The first-order chi connectivity index (χ1) is 5.81. The number of hydrogen-bond donors (Lipinski definition) is 1. The van der Waals surface area contributed by atoms with Crippen molar-refractivity contribution < 1.29 is 9.50 Å². The Morgan fingerprint density at radius 3 is 3.08 bits per heavy atom. The van der Waals surface area contributed by atoms with Gasteiger partial charge < -0.3 is 5.11 Å². The van der Waals surface area contributed by atoms with E-state index in [1.54, 1.807) is 0 Å². The minimum absolute atomic E-state index is 0.158. The lowest BCUT2D eigenvalue weighted by Crippen LogP contribution is -2.31. The number of aliphatic imine (C=N–C) groups is 1. The topological polar surface area (TPSA) is 32.6 Å². The van der Waals surface area contributed by atoms with Gasteiger partial charge in [0.15, 0.2) is 0 Å². The van der Waals surface area contributed by atoms with Crippen LogP contribution in [-0.4, -0.2) is 30.1 Å². The first-order valence-electron chi connectivity index (χ1n) is 4.59. The molecule has 1 heterocycles. The molecule has 2 nitrogen and oxygen atoms in total. The zero-order valence-corrected chi connectivity index (χ0v) is 6.99. The molecule has 4 unspecified atom stereocenters. The number of aliphatic hydroxyl groups is 1. The van der Waals surface area contributed by atoms with Gasteiger partial charge in [-0.05, 0) is 18.8 Å². The molecule has 2 aliphatic rings. The molecule has 0 aromatic heterocycles. The molecule has 68 valence electrons. The van der Waals surface area contributed by atoms with E-state index in [-0.39, 0.29) is 18.6 Å². The van der Waals surface area contributed by atoms with Crippen LogP contribution >= 0.6 is 0 Å². The second-order valence-electron chi connectivity index (χ2n) is 3.79. The Labute approximate surface area is 71.5 Å². The van der Waals surface area contributed by atoms with Crippen molar-refractivity contribution in [1.82, 2.24) is 0 Å². The molecule has 1 N–H and O–H groups in total. The molecule has 0 amide bonds. The highest BCUT2D eigenvalue weighted by molar-refractivity contribution is 5.64. The van der Waals surface area contributed by atoms with Crippen LogP contribution in [0.1, 0.15) is 19.3 Å². The summed E-state index contributed by atoms with van der Waals surface area (Å²) in [4.78, 5) is 4.24. The maximum Gasteiger partial charge on any atom is 0.102 e. The Balaban J connectivity index is 2.02. The van der Waals surface area contributed by atoms with Crippen molar-refractivity contribution in [2.45, 2.75) is 31.5 Å². The third-order valence-electron chi connectivity index (χ3n) is 3.03. The van der Waals surface area contributed by atoms with Crippen molar-refractivity contribution in [3.05, 3.63) is 0 Å². The van der Waals surface area contributed by atoms with E-state index in [1.807, 2.05) is 6.21 Å². The minimum atomic E-state index is -0.666. The fourth-order valence-electron chi connectivity index (χ4n) is 2.31. The van der Waals surface area contributed by atoms with Crippen LogP contribution in [-0.2, 0) is 0 Å². The maximum atomic E-state index is 12.9. The van der Waals surface area contributed by atoms with Crippen molar-refractivity contribution in [3.63, 3.8) is 0 Å². The molecule has 0 aromatic carbocycles. The average Bonchev–Trinajstić information content (AvgIpc) is 2.46. The van der Waals surface area contributed by atoms with E-state index in [4.69, 9.17) is 5.11 Å². The molecule has 1 aliphatic heterocycles. The Kier molecular flexibility index (Phi) is 2.13. The van der Waals surface area contributed by atoms with Crippen LogP contribution in [0.5, 0.6) is 0 Å². The van der Waals surface area contributed by atoms with Crippen LogP contribution in [0.3, 0.4) is 0 Å². The Morgan fingerprint density at radius 1 is 1.50 bits per heavy atom. The molecule has 0 aromatic rings. The lowest BCUT2D eigenvalue weighted by Gasteiger charge is -2.29. The summed E-state index contributed by atoms with van der Waals surface area (Å²) in [6, 6.07) is 0.158. The fourth-order valence-corrected chi connectivity index (χ4v) is 2.31. The van der Waals surface area contributed by atoms with Gasteiger partial charge in [0, 0.05) is 18.6 Å². The highest BCUT2D eigenvalue weighted by Gasteiger charge is 2.37. The zero-order chi connectivity index (χ0) is 8.55. The van der Waals surface area contributed by atoms with Crippen LogP contribution in [0, 0.1) is 11.8 Å². The third kappa shape index (κ3) is 1.26. The Hall–Kier alpha value is -0.440. The molecular formula is C9H14FNO. The van der Waals surface area contributed by atoms with Gasteiger partial charge in [0.1, 0.15) is 6.17 Å². The third-order valence-corrected chi connectivity index (χ3v) is 3.03. The fraction of sp³-hybridized carbons (Fsp3) is 0.889. The average molecular weight is 171 g/mol. The molecular weight excluding hydrogens is 157 g/mol. The second kappa shape index (κ2) is 3.13. The number of halogens is 1. The van der Waals surface area contributed by atoms with Crippen LogP contribution < -0.4 is 0 Å². The monoisotopic (exact) mass is 171 g/mol. The highest BCUT2D eigenvalue weighted by Crippen LogP contribution is 2.36. The summed E-state index contributed by atoms with van der Waals surface area (Å²) in [5.41, 5.74) is 0. The molecule has 0 spiro atoms. The van der Waals surface area contributed by atoms with Crippen LogP contribution in [0.25, 0.3) is 0 Å². The van der Waals surface area contributed by atoms with E-state index in [2.05, 4.69) is 4.99 Å². The molecule has 1 fully saturated rings. The number of hydrogen-bond acceptors (Lipinski definition) is 2. The Bertz CT molecular complexity index is 195. The predicted octanol–water partition coefficient (Wildman–Crippen LogP) is 1.19. The van der Waals surface area contributed by atoms with Gasteiger partial charge in [-0.15, -0.1) is 0 Å². The maximum absolute atomic E-state index is 12.9. The largest absolute Gasteiger partial charge is 0.396 e. The molecule has 4 atom stereocenters. The summed E-state index contributed by atoms with van der Waals surface area (Å²) in [6.45, 7) is 0.168. The van der Waals surface area contributed by atoms with Crippen molar-refractivity contribution in [1.29, 1.82) is 0 Å². The van der Waals surface area contributed by atoms with Gasteiger partial charge in [0.2, 0.25) is 0 Å². The van der Waals surface area contributed by atoms with Gasteiger partial charge in [-0.3, -0.25) is 4.99 Å². The van der Waals surface area contributed by atoms with Crippen molar-refractivity contribution >= 4 is 6.21 Å². The van der Waals surface area contributed by atoms with Gasteiger partial charge in [-0.2, -0.15) is 0 Å². The highest BCUT2D eigenvalue weighted by atomic mass is 19.1. The number of nitrogens with zero attached hydrogens (tertiary/aromatic N) is 1. The smallest absolute Gasteiger partial charge is 0.102 e. The molecule has 0 radical (unpaired) electrons. The lowest BCUT2D eigenvalue weighted by atomic mass is 9.79. The molecule has 0 saturated heterocycles. The predicted molar refractivity (Wildman–Crippen MR) is 45.1 cm³/mol. The van der Waals surface area contributed by atoms with E-state index < -0.39 is 6.17 Å². The van der Waals surface area contributed by atoms with E-state index in [9.17, 15) is 4.39 Å². The SMILES string of the molecule is OCC1C=NC2CC(F)CCC12. The molecule has 2 rings (SSSR count).